The van der Waals surface area contributed by atoms with Gasteiger partial charge < -0.3 is 14.6 Å². The van der Waals surface area contributed by atoms with Gasteiger partial charge in [0, 0.05) is 18.2 Å². The van der Waals surface area contributed by atoms with Crippen LogP contribution in [-0.4, -0.2) is 36.8 Å². The number of aliphatic hydroxyl groups excluding tert-OH is 1. The van der Waals surface area contributed by atoms with Crippen molar-refractivity contribution in [3.8, 4) is 0 Å². The van der Waals surface area contributed by atoms with Crippen LogP contribution >= 0.6 is 0 Å². The van der Waals surface area contributed by atoms with E-state index >= 15 is 0 Å². The van der Waals surface area contributed by atoms with Crippen molar-refractivity contribution in [3.63, 3.8) is 0 Å². The van der Waals surface area contributed by atoms with Gasteiger partial charge in [-0.1, -0.05) is 54.6 Å². The van der Waals surface area contributed by atoms with E-state index in [1.54, 1.807) is 25.3 Å². The molecule has 4 nitrogen and oxygen atoms in total. The molecule has 0 spiro atoms. The van der Waals surface area contributed by atoms with Gasteiger partial charge in [-0.3, -0.25) is 4.79 Å². The first kappa shape index (κ1) is 14.9. The number of carbonyl (C=O) groups excluding carboxylic acids is 1. The zero-order chi connectivity index (χ0) is 15.5. The molecular weight excluding hydrogens is 280 g/mol. The Hall–Kier alpha value is -2.01. The lowest BCUT2D eigenvalue weighted by molar-refractivity contribution is 0.00405. The van der Waals surface area contributed by atoms with E-state index in [0.717, 1.165) is 0 Å². The molecule has 1 N–H and O–H groups in total. The Morgan fingerprint density at radius 2 is 1.82 bits per heavy atom. The zero-order valence-electron chi connectivity index (χ0n) is 12.3. The molecule has 1 aliphatic rings. The Balaban J connectivity index is 1.96. The van der Waals surface area contributed by atoms with Crippen LogP contribution in [0.2, 0.25) is 0 Å². The summed E-state index contributed by atoms with van der Waals surface area (Å²) in [7, 11) is 1.54. The number of ether oxygens (including phenoxy) is 2. The van der Waals surface area contributed by atoms with Crippen molar-refractivity contribution >= 4 is 5.78 Å². The van der Waals surface area contributed by atoms with Crippen molar-refractivity contribution in [1.29, 1.82) is 0 Å². The number of rotatable bonds is 4. The Bertz CT molecular complexity index is 653. The standard InChI is InChI=1S/C18H18O4/c1-21-15-11-22-18(17(15)20)14-10-6-5-9-13(14)16(19)12-7-3-2-4-8-12/h2-10,15,17-18,20H,11H2,1H3/t15-,17-,18+/m0/s1. The lowest BCUT2D eigenvalue weighted by atomic mass is 9.93. The molecule has 3 rings (SSSR count). The first-order valence-electron chi connectivity index (χ1n) is 7.23. The second-order valence-corrected chi connectivity index (χ2v) is 5.30. The molecule has 1 aliphatic heterocycles. The van der Waals surface area contributed by atoms with Gasteiger partial charge in [0.2, 0.25) is 0 Å². The van der Waals surface area contributed by atoms with Crippen molar-refractivity contribution in [2.45, 2.75) is 18.3 Å². The molecule has 0 unspecified atom stereocenters. The first-order valence-corrected chi connectivity index (χ1v) is 7.23. The predicted octanol–water partition coefficient (Wildman–Crippen LogP) is 2.36. The lowest BCUT2D eigenvalue weighted by Crippen LogP contribution is -2.28. The number of benzene rings is 2. The molecule has 0 amide bonds. The van der Waals surface area contributed by atoms with Crippen LogP contribution in [0.1, 0.15) is 27.6 Å². The monoisotopic (exact) mass is 298 g/mol. The SMILES string of the molecule is CO[C@H]1CO[C@H](c2ccccc2C(=O)c2ccccc2)[C@H]1O. The number of hydrogen-bond donors (Lipinski definition) is 1. The minimum absolute atomic E-state index is 0.0760. The van der Waals surface area contributed by atoms with Crippen LogP contribution in [0.5, 0.6) is 0 Å². The highest BCUT2D eigenvalue weighted by molar-refractivity contribution is 6.10. The van der Waals surface area contributed by atoms with Crippen LogP contribution < -0.4 is 0 Å². The maximum atomic E-state index is 12.7. The number of methoxy groups -OCH3 is 1. The topological polar surface area (TPSA) is 55.8 Å². The normalized spacial score (nSPS) is 24.4. The van der Waals surface area contributed by atoms with Gasteiger partial charge in [0.25, 0.3) is 0 Å². The zero-order valence-corrected chi connectivity index (χ0v) is 12.3. The smallest absolute Gasteiger partial charge is 0.193 e. The van der Waals surface area contributed by atoms with Crippen molar-refractivity contribution in [2.24, 2.45) is 0 Å². The lowest BCUT2D eigenvalue weighted by Gasteiger charge is -2.19. The molecule has 2 aromatic carbocycles. The Kier molecular flexibility index (Phi) is 4.34. The second kappa shape index (κ2) is 6.40. The molecule has 0 aliphatic carbocycles. The maximum Gasteiger partial charge on any atom is 0.193 e. The fourth-order valence-electron chi connectivity index (χ4n) is 2.77. The van der Waals surface area contributed by atoms with E-state index in [2.05, 4.69) is 0 Å². The summed E-state index contributed by atoms with van der Waals surface area (Å²) in [6, 6.07) is 16.3. The summed E-state index contributed by atoms with van der Waals surface area (Å²) in [4.78, 5) is 12.7. The molecule has 3 atom stereocenters. The highest BCUT2D eigenvalue weighted by Gasteiger charge is 2.38. The van der Waals surface area contributed by atoms with Gasteiger partial charge in [-0.15, -0.1) is 0 Å². The van der Waals surface area contributed by atoms with Crippen LogP contribution in [0.15, 0.2) is 54.6 Å². The Morgan fingerprint density at radius 1 is 1.14 bits per heavy atom. The first-order chi connectivity index (χ1) is 10.7. The highest BCUT2D eigenvalue weighted by atomic mass is 16.6. The fourth-order valence-corrected chi connectivity index (χ4v) is 2.77. The van der Waals surface area contributed by atoms with Gasteiger partial charge in [0.05, 0.1) is 6.61 Å². The maximum absolute atomic E-state index is 12.7. The van der Waals surface area contributed by atoms with Crippen LogP contribution in [0.4, 0.5) is 0 Å². The average molecular weight is 298 g/mol. The average Bonchev–Trinajstić information content (AvgIpc) is 2.95. The van der Waals surface area contributed by atoms with Gasteiger partial charge in [0.1, 0.15) is 18.3 Å². The number of hydrogen-bond acceptors (Lipinski definition) is 4. The van der Waals surface area contributed by atoms with Crippen LogP contribution in [-0.2, 0) is 9.47 Å². The summed E-state index contributed by atoms with van der Waals surface area (Å²) in [5, 5.41) is 10.3. The molecule has 1 saturated heterocycles. The predicted molar refractivity (Wildman–Crippen MR) is 81.8 cm³/mol. The summed E-state index contributed by atoms with van der Waals surface area (Å²) >= 11 is 0. The molecule has 22 heavy (non-hydrogen) atoms. The van der Waals surface area contributed by atoms with Gasteiger partial charge in [-0.2, -0.15) is 0 Å². The van der Waals surface area contributed by atoms with Crippen LogP contribution in [0, 0.1) is 0 Å². The third-order valence-electron chi connectivity index (χ3n) is 3.98. The van der Waals surface area contributed by atoms with E-state index in [4.69, 9.17) is 9.47 Å². The minimum atomic E-state index is -0.783. The van der Waals surface area contributed by atoms with E-state index in [1.165, 1.54) is 0 Å². The van der Waals surface area contributed by atoms with Crippen molar-refractivity contribution in [1.82, 2.24) is 0 Å². The van der Waals surface area contributed by atoms with Gasteiger partial charge in [-0.05, 0) is 5.56 Å². The third kappa shape index (κ3) is 2.68. The van der Waals surface area contributed by atoms with Crippen molar-refractivity contribution < 1.29 is 19.4 Å². The Labute approximate surface area is 129 Å². The molecular formula is C18H18O4. The summed E-state index contributed by atoms with van der Waals surface area (Å²) in [5.74, 6) is -0.0760. The third-order valence-corrected chi connectivity index (χ3v) is 3.98. The van der Waals surface area contributed by atoms with E-state index < -0.39 is 12.2 Å². The summed E-state index contributed by atoms with van der Waals surface area (Å²) in [5.41, 5.74) is 1.86. The molecule has 4 heteroatoms. The van der Waals surface area contributed by atoms with Crippen molar-refractivity contribution in [2.75, 3.05) is 13.7 Å². The van der Waals surface area contributed by atoms with Crippen LogP contribution in [0.3, 0.4) is 0 Å². The largest absolute Gasteiger partial charge is 0.387 e. The fraction of sp³-hybridized carbons (Fsp3) is 0.278. The minimum Gasteiger partial charge on any atom is -0.387 e. The van der Waals surface area contributed by atoms with E-state index in [9.17, 15) is 9.90 Å². The van der Waals surface area contributed by atoms with Crippen molar-refractivity contribution in [3.05, 3.63) is 71.3 Å². The molecule has 0 bridgehead atoms. The summed E-state index contributed by atoms with van der Waals surface area (Å²) in [6.45, 7) is 0.316. The Morgan fingerprint density at radius 3 is 2.50 bits per heavy atom. The van der Waals surface area contributed by atoms with Gasteiger partial charge in [0.15, 0.2) is 5.78 Å². The molecule has 114 valence electrons. The van der Waals surface area contributed by atoms with E-state index in [1.807, 2.05) is 36.4 Å². The summed E-state index contributed by atoms with van der Waals surface area (Å²) < 4.78 is 10.9. The second-order valence-electron chi connectivity index (χ2n) is 5.30. The van der Waals surface area contributed by atoms with E-state index in [0.29, 0.717) is 23.3 Å². The van der Waals surface area contributed by atoms with Gasteiger partial charge >= 0.3 is 0 Å². The van der Waals surface area contributed by atoms with Gasteiger partial charge in [-0.25, -0.2) is 0 Å². The summed E-state index contributed by atoms with van der Waals surface area (Å²) in [6.07, 6.45) is -1.70. The number of ketones is 1. The molecule has 0 saturated carbocycles. The molecule has 0 aromatic heterocycles. The molecule has 1 fully saturated rings. The number of aliphatic hydroxyl groups is 1. The molecule has 1 heterocycles. The highest BCUT2D eigenvalue weighted by Crippen LogP contribution is 2.33. The molecule has 0 radical (unpaired) electrons. The molecule has 2 aromatic rings. The number of carbonyl (C=O) groups is 1. The van der Waals surface area contributed by atoms with Crippen LogP contribution in [0.25, 0.3) is 0 Å². The quantitative estimate of drug-likeness (QED) is 0.880. The van der Waals surface area contributed by atoms with E-state index in [-0.39, 0.29) is 11.9 Å².